The SMILES string of the molecule is CC1(C)C2CC1[C@]1(C)ON([C@@H]3CCCN3)O[C@@H]1C2. The van der Waals surface area contributed by atoms with Gasteiger partial charge in [0.15, 0.2) is 0 Å². The molecule has 3 saturated carbocycles. The van der Waals surface area contributed by atoms with Crippen LogP contribution in [-0.2, 0) is 9.68 Å². The van der Waals surface area contributed by atoms with E-state index in [0.29, 0.717) is 11.3 Å². The van der Waals surface area contributed by atoms with Crippen molar-refractivity contribution in [1.82, 2.24) is 10.5 Å². The summed E-state index contributed by atoms with van der Waals surface area (Å²) in [5.41, 5.74) is 0.316. The van der Waals surface area contributed by atoms with Gasteiger partial charge in [0.2, 0.25) is 0 Å². The van der Waals surface area contributed by atoms with Gasteiger partial charge in [-0.2, -0.15) is 0 Å². The molecule has 2 saturated heterocycles. The van der Waals surface area contributed by atoms with E-state index in [9.17, 15) is 0 Å². The summed E-state index contributed by atoms with van der Waals surface area (Å²) in [6.07, 6.45) is 5.33. The molecule has 0 aromatic carbocycles. The van der Waals surface area contributed by atoms with Crippen LogP contribution in [0.3, 0.4) is 0 Å². The molecule has 0 radical (unpaired) electrons. The Morgan fingerprint density at radius 2 is 2.06 bits per heavy atom. The van der Waals surface area contributed by atoms with Crippen molar-refractivity contribution in [1.29, 1.82) is 0 Å². The number of hydrogen-bond acceptors (Lipinski definition) is 4. The number of nitrogens with one attached hydrogen (secondary N) is 1. The maximum atomic E-state index is 6.27. The van der Waals surface area contributed by atoms with E-state index >= 15 is 0 Å². The molecule has 4 nitrogen and oxygen atoms in total. The van der Waals surface area contributed by atoms with Gasteiger partial charge < -0.3 is 0 Å². The Balaban J connectivity index is 1.57. The number of hydroxylamine groups is 2. The Bertz CT molecular complexity index is 367. The summed E-state index contributed by atoms with van der Waals surface area (Å²) in [6, 6.07) is 0. The number of nitrogens with zero attached hydrogens (tertiary/aromatic N) is 1. The van der Waals surface area contributed by atoms with Crippen LogP contribution in [0.1, 0.15) is 46.5 Å². The summed E-state index contributed by atoms with van der Waals surface area (Å²) < 4.78 is 0. The first-order chi connectivity index (χ1) is 8.52. The van der Waals surface area contributed by atoms with E-state index in [1.54, 1.807) is 5.23 Å². The van der Waals surface area contributed by atoms with Crippen LogP contribution in [0.4, 0.5) is 0 Å². The van der Waals surface area contributed by atoms with E-state index in [2.05, 4.69) is 26.1 Å². The Kier molecular flexibility index (Phi) is 2.25. The van der Waals surface area contributed by atoms with Gasteiger partial charge in [-0.05, 0) is 61.6 Å². The van der Waals surface area contributed by atoms with Gasteiger partial charge in [0.25, 0.3) is 0 Å². The molecule has 2 bridgehead atoms. The number of rotatable bonds is 1. The van der Waals surface area contributed by atoms with Gasteiger partial charge in [0, 0.05) is 0 Å². The summed E-state index contributed by atoms with van der Waals surface area (Å²) in [5, 5.41) is 5.24. The highest BCUT2D eigenvalue weighted by Gasteiger charge is 2.68. The second-order valence-corrected chi connectivity index (χ2v) is 7.31. The molecule has 2 heterocycles. The van der Waals surface area contributed by atoms with Crippen LogP contribution >= 0.6 is 0 Å². The minimum absolute atomic E-state index is 0.109. The van der Waals surface area contributed by atoms with Gasteiger partial charge in [-0.15, -0.1) is 0 Å². The summed E-state index contributed by atoms with van der Waals surface area (Å²) >= 11 is 0. The lowest BCUT2D eigenvalue weighted by molar-refractivity contribution is -0.354. The van der Waals surface area contributed by atoms with Crippen molar-refractivity contribution < 1.29 is 9.68 Å². The summed E-state index contributed by atoms with van der Waals surface area (Å²) in [7, 11) is 0. The largest absolute Gasteiger partial charge is 0.298 e. The molecule has 2 unspecified atom stereocenters. The summed E-state index contributed by atoms with van der Waals surface area (Å²) in [5.74, 6) is 1.46. The predicted molar refractivity (Wildman–Crippen MR) is 67.2 cm³/mol. The lowest BCUT2D eigenvalue weighted by atomic mass is 9.43. The average molecular weight is 252 g/mol. The molecule has 5 rings (SSSR count). The van der Waals surface area contributed by atoms with Gasteiger partial charge in [-0.25, -0.2) is 0 Å². The van der Waals surface area contributed by atoms with Crippen LogP contribution in [0.15, 0.2) is 0 Å². The third kappa shape index (κ3) is 1.30. The Labute approximate surface area is 109 Å². The highest BCUT2D eigenvalue weighted by atomic mass is 17.0. The van der Waals surface area contributed by atoms with E-state index in [4.69, 9.17) is 9.68 Å². The molecule has 18 heavy (non-hydrogen) atoms. The highest BCUT2D eigenvalue weighted by Crippen LogP contribution is 2.65. The minimum Gasteiger partial charge on any atom is -0.298 e. The normalized spacial score (nSPS) is 54.2. The fourth-order valence-electron chi connectivity index (χ4n) is 4.70. The molecule has 0 aromatic heterocycles. The number of hydrogen-bond donors (Lipinski definition) is 1. The van der Waals surface area contributed by atoms with E-state index in [1.807, 2.05) is 0 Å². The molecule has 102 valence electrons. The van der Waals surface area contributed by atoms with Gasteiger partial charge in [0.05, 0.1) is 0 Å². The van der Waals surface area contributed by atoms with Crippen LogP contribution in [-0.4, -0.2) is 29.6 Å². The zero-order chi connectivity index (χ0) is 12.5. The zero-order valence-corrected chi connectivity index (χ0v) is 11.6. The van der Waals surface area contributed by atoms with Crippen molar-refractivity contribution in [2.45, 2.75) is 64.3 Å². The lowest BCUT2D eigenvalue weighted by Crippen LogP contribution is -2.65. The standard InChI is InChI=1S/C14H24N2O2/c1-13(2)9-7-10(13)14(3)11(8-9)17-16(18-14)12-5-4-6-15-12/h9-12,15H,4-8H2,1-3H3/t9?,10?,11-,12-,14+/m1/s1. The fourth-order valence-corrected chi connectivity index (χ4v) is 4.70. The molecule has 1 N–H and O–H groups in total. The molecule has 0 aromatic rings. The van der Waals surface area contributed by atoms with Crippen LogP contribution in [0.5, 0.6) is 0 Å². The first kappa shape index (κ1) is 11.6. The van der Waals surface area contributed by atoms with Gasteiger partial charge >= 0.3 is 0 Å². The third-order valence-electron chi connectivity index (χ3n) is 6.11. The third-order valence-corrected chi connectivity index (χ3v) is 6.11. The van der Waals surface area contributed by atoms with E-state index in [0.717, 1.165) is 25.3 Å². The molecule has 5 fully saturated rings. The molecule has 3 aliphatic carbocycles. The molecule has 2 aliphatic heterocycles. The second-order valence-electron chi connectivity index (χ2n) is 7.31. The van der Waals surface area contributed by atoms with Gasteiger partial charge in [-0.3, -0.25) is 15.0 Å². The van der Waals surface area contributed by atoms with Crippen molar-refractivity contribution in [2.75, 3.05) is 6.54 Å². The van der Waals surface area contributed by atoms with Crippen molar-refractivity contribution in [3.63, 3.8) is 0 Å². The highest BCUT2D eigenvalue weighted by molar-refractivity contribution is 5.14. The van der Waals surface area contributed by atoms with E-state index in [1.165, 1.54) is 12.8 Å². The summed E-state index contributed by atoms with van der Waals surface area (Å²) in [6.45, 7) is 8.13. The van der Waals surface area contributed by atoms with Crippen LogP contribution in [0.25, 0.3) is 0 Å². The molecular formula is C14H24N2O2. The zero-order valence-electron chi connectivity index (χ0n) is 11.6. The maximum Gasteiger partial charge on any atom is 0.121 e. The quantitative estimate of drug-likeness (QED) is 0.774. The van der Waals surface area contributed by atoms with Crippen LogP contribution in [0, 0.1) is 17.3 Å². The van der Waals surface area contributed by atoms with Gasteiger partial charge in [0.1, 0.15) is 17.9 Å². The minimum atomic E-state index is -0.109. The topological polar surface area (TPSA) is 33.7 Å². The van der Waals surface area contributed by atoms with Gasteiger partial charge in [-0.1, -0.05) is 13.8 Å². The molecule has 0 spiro atoms. The van der Waals surface area contributed by atoms with Crippen molar-refractivity contribution in [2.24, 2.45) is 17.3 Å². The Morgan fingerprint density at radius 3 is 2.72 bits per heavy atom. The van der Waals surface area contributed by atoms with Crippen molar-refractivity contribution in [3.8, 4) is 0 Å². The van der Waals surface area contributed by atoms with Crippen LogP contribution in [0.2, 0.25) is 0 Å². The summed E-state index contributed by atoms with van der Waals surface area (Å²) in [4.78, 5) is 12.4. The smallest absolute Gasteiger partial charge is 0.121 e. The fraction of sp³-hybridized carbons (Fsp3) is 1.00. The Morgan fingerprint density at radius 1 is 1.22 bits per heavy atom. The second kappa shape index (κ2) is 3.48. The molecule has 0 amide bonds. The lowest BCUT2D eigenvalue weighted by Gasteiger charge is -2.63. The molecule has 5 atom stereocenters. The first-order valence-electron chi connectivity index (χ1n) is 7.40. The van der Waals surface area contributed by atoms with Crippen molar-refractivity contribution >= 4 is 0 Å². The van der Waals surface area contributed by atoms with Crippen molar-refractivity contribution in [3.05, 3.63) is 0 Å². The average Bonchev–Trinajstić information content (AvgIpc) is 2.92. The Hall–Kier alpha value is -0.160. The monoisotopic (exact) mass is 252 g/mol. The molecule has 5 aliphatic rings. The molecule has 4 heteroatoms. The van der Waals surface area contributed by atoms with E-state index < -0.39 is 0 Å². The first-order valence-corrected chi connectivity index (χ1v) is 7.40. The maximum absolute atomic E-state index is 6.27. The van der Waals surface area contributed by atoms with Crippen LogP contribution < -0.4 is 5.32 Å². The predicted octanol–water partition coefficient (Wildman–Crippen LogP) is 2.07. The molecular weight excluding hydrogens is 228 g/mol. The van der Waals surface area contributed by atoms with E-state index in [-0.39, 0.29) is 17.9 Å².